The summed E-state index contributed by atoms with van der Waals surface area (Å²) in [6.45, 7) is 5.40. The third-order valence-corrected chi connectivity index (χ3v) is 5.22. The molecule has 1 aliphatic heterocycles. The van der Waals surface area contributed by atoms with Crippen molar-refractivity contribution in [3.8, 4) is 11.1 Å². The van der Waals surface area contributed by atoms with Crippen LogP contribution < -0.4 is 4.90 Å². The summed E-state index contributed by atoms with van der Waals surface area (Å²) in [7, 11) is 3.88. The lowest BCUT2D eigenvalue weighted by Crippen LogP contribution is -2.39. The number of nitrogens with zero attached hydrogens (tertiary/aromatic N) is 6. The summed E-state index contributed by atoms with van der Waals surface area (Å²) in [5.41, 5.74) is 5.23. The van der Waals surface area contributed by atoms with E-state index in [1.807, 2.05) is 31.3 Å². The molecular weight excluding hydrogens is 388 g/mol. The van der Waals surface area contributed by atoms with Crippen LogP contribution in [0.15, 0.2) is 60.8 Å². The quantitative estimate of drug-likeness (QED) is 0.609. The van der Waals surface area contributed by atoms with Crippen LogP contribution in [-0.4, -0.2) is 65.2 Å². The van der Waals surface area contributed by atoms with Crippen LogP contribution in [0.5, 0.6) is 0 Å². The van der Waals surface area contributed by atoms with E-state index in [0.29, 0.717) is 12.6 Å². The van der Waals surface area contributed by atoms with Crippen molar-refractivity contribution in [2.24, 2.45) is 0 Å². The summed E-state index contributed by atoms with van der Waals surface area (Å²) in [5.74, 6) is 0.663. The molecule has 4 rings (SSSR count). The summed E-state index contributed by atoms with van der Waals surface area (Å²) >= 11 is 0. The van der Waals surface area contributed by atoms with Gasteiger partial charge in [0.05, 0.1) is 12.3 Å². The maximum atomic E-state index is 6.18. The van der Waals surface area contributed by atoms with Crippen LogP contribution in [0.4, 0.5) is 5.95 Å². The summed E-state index contributed by atoms with van der Waals surface area (Å²) < 4.78 is 6.18. The van der Waals surface area contributed by atoms with Gasteiger partial charge in [-0.05, 0) is 12.5 Å². The average Bonchev–Trinajstić information content (AvgIpc) is 2.80. The molecule has 1 unspecified atom stereocenters. The van der Waals surface area contributed by atoms with Gasteiger partial charge in [0.15, 0.2) is 0 Å². The Labute approximate surface area is 183 Å². The number of rotatable bonds is 6. The predicted molar refractivity (Wildman–Crippen MR) is 123 cm³/mol. The van der Waals surface area contributed by atoms with Gasteiger partial charge in [-0.15, -0.1) is 0 Å². The molecule has 2 aromatic heterocycles. The summed E-state index contributed by atoms with van der Waals surface area (Å²) in [4.78, 5) is 22.0. The molecule has 1 fully saturated rings. The number of ether oxygens (including phenoxy) is 1. The summed E-state index contributed by atoms with van der Waals surface area (Å²) in [6, 6.07) is 10.4. The third-order valence-electron chi connectivity index (χ3n) is 5.22. The van der Waals surface area contributed by atoms with Crippen molar-refractivity contribution in [3.63, 3.8) is 0 Å². The third kappa shape index (κ3) is 5.31. The highest BCUT2D eigenvalue weighted by molar-refractivity contribution is 5.64. The molecule has 160 valence electrons. The van der Waals surface area contributed by atoms with Crippen LogP contribution in [0.25, 0.3) is 17.2 Å². The standard InChI is InChI=1S/C24H28N6O/c1-18(11-19-7-5-4-6-8-19)15-30-9-10-31-22(16-30)23-21(20-12-25-17-26-13-20)14-27-24(28-23)29(2)3/h4-8,11-14,17,22H,9-10,15-16H2,1-3H3/b18-11+. The molecule has 0 aliphatic carbocycles. The lowest BCUT2D eigenvalue weighted by molar-refractivity contribution is -0.0285. The molecule has 1 aliphatic rings. The SMILES string of the molecule is C/C(=C\c1ccccc1)CN1CCOC(c2nc(N(C)C)ncc2-c2cncnc2)C1. The molecule has 0 saturated carbocycles. The van der Waals surface area contributed by atoms with E-state index in [1.165, 1.54) is 17.5 Å². The smallest absolute Gasteiger partial charge is 0.225 e. The normalized spacial score (nSPS) is 17.5. The molecule has 7 nitrogen and oxygen atoms in total. The minimum Gasteiger partial charge on any atom is -0.369 e. The van der Waals surface area contributed by atoms with Gasteiger partial charge >= 0.3 is 0 Å². The molecule has 0 radical (unpaired) electrons. The zero-order chi connectivity index (χ0) is 21.6. The Bertz CT molecular complexity index is 1020. The number of aromatic nitrogens is 4. The van der Waals surface area contributed by atoms with E-state index in [2.05, 4.69) is 57.1 Å². The van der Waals surface area contributed by atoms with Crippen molar-refractivity contribution >= 4 is 12.0 Å². The molecule has 1 atom stereocenters. The van der Waals surface area contributed by atoms with Crippen LogP contribution >= 0.6 is 0 Å². The Hall–Kier alpha value is -3.16. The fraction of sp³-hybridized carbons (Fsp3) is 0.333. The van der Waals surface area contributed by atoms with E-state index < -0.39 is 0 Å². The van der Waals surface area contributed by atoms with Crippen LogP contribution in [0.3, 0.4) is 0 Å². The molecule has 3 heterocycles. The molecule has 0 spiro atoms. The lowest BCUT2D eigenvalue weighted by atomic mass is 10.0. The lowest BCUT2D eigenvalue weighted by Gasteiger charge is -2.33. The molecule has 1 aromatic carbocycles. The topological polar surface area (TPSA) is 67.3 Å². The predicted octanol–water partition coefficient (Wildman–Crippen LogP) is 3.48. The van der Waals surface area contributed by atoms with Crippen molar-refractivity contribution in [1.29, 1.82) is 0 Å². The first-order valence-corrected chi connectivity index (χ1v) is 10.5. The fourth-order valence-electron chi connectivity index (χ4n) is 3.75. The molecule has 7 heteroatoms. The van der Waals surface area contributed by atoms with Crippen molar-refractivity contribution < 1.29 is 4.74 Å². The van der Waals surface area contributed by atoms with Gasteiger partial charge in [0.25, 0.3) is 0 Å². The van der Waals surface area contributed by atoms with Crippen LogP contribution in [-0.2, 0) is 4.74 Å². The number of hydrogen-bond donors (Lipinski definition) is 0. The maximum absolute atomic E-state index is 6.18. The zero-order valence-corrected chi connectivity index (χ0v) is 18.3. The Kier molecular flexibility index (Phi) is 6.64. The molecule has 0 N–H and O–H groups in total. The first kappa shape index (κ1) is 21.1. The second kappa shape index (κ2) is 9.76. The second-order valence-electron chi connectivity index (χ2n) is 7.99. The van der Waals surface area contributed by atoms with Gasteiger partial charge in [0.2, 0.25) is 5.95 Å². The number of morpholine rings is 1. The Morgan fingerprint density at radius 1 is 1.16 bits per heavy atom. The largest absolute Gasteiger partial charge is 0.369 e. The van der Waals surface area contributed by atoms with Gasteiger partial charge < -0.3 is 9.64 Å². The van der Waals surface area contributed by atoms with Crippen molar-refractivity contribution in [3.05, 3.63) is 72.1 Å². The van der Waals surface area contributed by atoms with Gasteiger partial charge in [-0.3, -0.25) is 4.90 Å². The van der Waals surface area contributed by atoms with Crippen LogP contribution in [0.1, 0.15) is 24.3 Å². The first-order chi connectivity index (χ1) is 15.1. The minimum absolute atomic E-state index is 0.143. The van der Waals surface area contributed by atoms with Gasteiger partial charge in [-0.25, -0.2) is 19.9 Å². The molecule has 3 aromatic rings. The summed E-state index contributed by atoms with van der Waals surface area (Å²) in [5, 5.41) is 0. The van der Waals surface area contributed by atoms with Crippen molar-refractivity contribution in [1.82, 2.24) is 24.8 Å². The first-order valence-electron chi connectivity index (χ1n) is 10.5. The second-order valence-corrected chi connectivity index (χ2v) is 7.99. The number of anilines is 1. The highest BCUT2D eigenvalue weighted by atomic mass is 16.5. The van der Waals surface area contributed by atoms with Gasteiger partial charge in [0.1, 0.15) is 12.4 Å². The van der Waals surface area contributed by atoms with E-state index in [1.54, 1.807) is 12.4 Å². The molecule has 0 amide bonds. The van der Waals surface area contributed by atoms with Gasteiger partial charge in [-0.2, -0.15) is 0 Å². The van der Waals surface area contributed by atoms with E-state index in [4.69, 9.17) is 9.72 Å². The van der Waals surface area contributed by atoms with E-state index in [9.17, 15) is 0 Å². The summed E-state index contributed by atoms with van der Waals surface area (Å²) in [6.07, 6.45) is 9.05. The van der Waals surface area contributed by atoms with Crippen LogP contribution in [0, 0.1) is 0 Å². The monoisotopic (exact) mass is 416 g/mol. The molecule has 31 heavy (non-hydrogen) atoms. The Balaban J connectivity index is 1.57. The molecule has 1 saturated heterocycles. The Morgan fingerprint density at radius 2 is 1.94 bits per heavy atom. The van der Waals surface area contributed by atoms with Gasteiger partial charge in [0, 0.05) is 63.4 Å². The average molecular weight is 417 g/mol. The minimum atomic E-state index is -0.143. The highest BCUT2D eigenvalue weighted by Gasteiger charge is 2.27. The zero-order valence-electron chi connectivity index (χ0n) is 18.3. The Morgan fingerprint density at radius 3 is 2.68 bits per heavy atom. The highest BCUT2D eigenvalue weighted by Crippen LogP contribution is 2.31. The van der Waals surface area contributed by atoms with Gasteiger partial charge in [-0.1, -0.05) is 42.0 Å². The maximum Gasteiger partial charge on any atom is 0.225 e. The molecular formula is C24H28N6O. The van der Waals surface area contributed by atoms with Crippen LogP contribution in [0.2, 0.25) is 0 Å². The van der Waals surface area contributed by atoms with E-state index >= 15 is 0 Å². The van der Waals surface area contributed by atoms with Crippen molar-refractivity contribution in [2.75, 3.05) is 45.2 Å². The van der Waals surface area contributed by atoms with E-state index in [-0.39, 0.29) is 6.10 Å². The van der Waals surface area contributed by atoms with Crippen molar-refractivity contribution in [2.45, 2.75) is 13.0 Å². The molecule has 0 bridgehead atoms. The number of hydrogen-bond acceptors (Lipinski definition) is 7. The fourth-order valence-corrected chi connectivity index (χ4v) is 3.75. The van der Waals surface area contributed by atoms with E-state index in [0.717, 1.165) is 36.5 Å². The number of benzene rings is 1.